The standard InChI is InChI=1S/C30H28N2O7S2/c33-18-20-8-10-21(11-9-20)27-17-24(19-40-28-26(29(34)35)7-4-16-31-28)38-30(39-27)22-12-14-23(15-13-22)32-41(36,37)25-5-2-1-3-6-25/h1-16,24,27,30,32-33H,17-19H2,(H,34,35)/t24-,27+,30+/m1/s1. The minimum absolute atomic E-state index is 0.0623. The number of benzene rings is 3. The highest BCUT2D eigenvalue weighted by molar-refractivity contribution is 7.99. The molecule has 41 heavy (non-hydrogen) atoms. The van der Waals surface area contributed by atoms with E-state index < -0.39 is 22.3 Å². The lowest BCUT2D eigenvalue weighted by molar-refractivity contribution is -0.245. The molecule has 1 aromatic heterocycles. The summed E-state index contributed by atoms with van der Waals surface area (Å²) in [6.45, 7) is -0.0623. The van der Waals surface area contributed by atoms with E-state index in [-0.39, 0.29) is 29.3 Å². The number of sulfonamides is 1. The van der Waals surface area contributed by atoms with Crippen LogP contribution >= 0.6 is 11.8 Å². The van der Waals surface area contributed by atoms with Crippen LogP contribution in [0.4, 0.5) is 5.69 Å². The van der Waals surface area contributed by atoms with Crippen molar-refractivity contribution in [1.82, 2.24) is 4.98 Å². The molecular formula is C30H28N2O7S2. The van der Waals surface area contributed by atoms with Gasteiger partial charge in [-0.1, -0.05) is 54.6 Å². The van der Waals surface area contributed by atoms with E-state index in [9.17, 15) is 23.4 Å². The van der Waals surface area contributed by atoms with E-state index in [4.69, 9.17) is 9.47 Å². The Morgan fingerprint density at radius 2 is 1.63 bits per heavy atom. The molecule has 0 spiro atoms. The summed E-state index contributed by atoms with van der Waals surface area (Å²) in [5, 5.41) is 19.4. The Labute approximate surface area is 242 Å². The largest absolute Gasteiger partial charge is 0.478 e. The van der Waals surface area contributed by atoms with Crippen molar-refractivity contribution in [2.24, 2.45) is 0 Å². The molecule has 0 amide bonds. The second-order valence-corrected chi connectivity index (χ2v) is 12.1. The molecule has 3 N–H and O–H groups in total. The number of carbonyl (C=O) groups is 1. The van der Waals surface area contributed by atoms with Crippen LogP contribution < -0.4 is 4.72 Å². The normalized spacial score (nSPS) is 19.0. The highest BCUT2D eigenvalue weighted by atomic mass is 32.2. The first kappa shape index (κ1) is 28.8. The third-order valence-corrected chi connectivity index (χ3v) is 9.05. The summed E-state index contributed by atoms with van der Waals surface area (Å²) in [4.78, 5) is 16.0. The Kier molecular flexibility index (Phi) is 9.01. The molecule has 0 saturated carbocycles. The van der Waals surface area contributed by atoms with Crippen molar-refractivity contribution in [3.05, 3.63) is 119 Å². The number of carboxylic acid groups (broad SMARTS) is 1. The number of thioether (sulfide) groups is 1. The average molecular weight is 593 g/mol. The van der Waals surface area contributed by atoms with Gasteiger partial charge in [0.2, 0.25) is 0 Å². The van der Waals surface area contributed by atoms with Crippen molar-refractivity contribution in [2.45, 2.75) is 41.4 Å². The molecule has 1 aliphatic heterocycles. The molecule has 0 unspecified atom stereocenters. The highest BCUT2D eigenvalue weighted by Gasteiger charge is 2.32. The predicted octanol–water partition coefficient (Wildman–Crippen LogP) is 5.41. The molecular weight excluding hydrogens is 564 g/mol. The third kappa shape index (κ3) is 7.13. The number of carboxylic acids is 1. The average Bonchev–Trinajstić information content (AvgIpc) is 3.00. The Morgan fingerprint density at radius 3 is 2.32 bits per heavy atom. The first-order valence-corrected chi connectivity index (χ1v) is 15.3. The summed E-state index contributed by atoms with van der Waals surface area (Å²) in [5.41, 5.74) is 2.93. The zero-order valence-corrected chi connectivity index (χ0v) is 23.4. The number of aromatic nitrogens is 1. The molecule has 1 fully saturated rings. The van der Waals surface area contributed by atoms with Gasteiger partial charge in [-0.3, -0.25) is 4.72 Å². The maximum atomic E-state index is 12.7. The lowest BCUT2D eigenvalue weighted by Gasteiger charge is -2.36. The number of nitrogens with zero attached hydrogens (tertiary/aromatic N) is 1. The van der Waals surface area contributed by atoms with Gasteiger partial charge in [0, 0.05) is 29.6 Å². The maximum absolute atomic E-state index is 12.7. The van der Waals surface area contributed by atoms with Gasteiger partial charge in [0.15, 0.2) is 6.29 Å². The lowest BCUT2D eigenvalue weighted by Crippen LogP contribution is -2.31. The van der Waals surface area contributed by atoms with E-state index >= 15 is 0 Å². The van der Waals surface area contributed by atoms with Gasteiger partial charge in [-0.05, 0) is 47.5 Å². The summed E-state index contributed by atoms with van der Waals surface area (Å²) in [6.07, 6.45) is 0.694. The van der Waals surface area contributed by atoms with Crippen LogP contribution in [0.2, 0.25) is 0 Å². The molecule has 11 heteroatoms. The number of hydrogen-bond acceptors (Lipinski definition) is 8. The fraction of sp³-hybridized carbons (Fsp3) is 0.200. The Bertz CT molecular complexity index is 1580. The highest BCUT2D eigenvalue weighted by Crippen LogP contribution is 2.39. The van der Waals surface area contributed by atoms with Gasteiger partial charge >= 0.3 is 5.97 Å². The molecule has 0 bridgehead atoms. The van der Waals surface area contributed by atoms with E-state index in [0.717, 1.165) is 11.1 Å². The number of nitrogens with one attached hydrogen (secondary N) is 1. The van der Waals surface area contributed by atoms with E-state index in [2.05, 4.69) is 9.71 Å². The number of rotatable bonds is 10. The smallest absolute Gasteiger partial charge is 0.338 e. The lowest BCUT2D eigenvalue weighted by atomic mass is 10.0. The number of aliphatic hydroxyl groups is 1. The number of aliphatic hydroxyl groups excluding tert-OH is 1. The van der Waals surface area contributed by atoms with Crippen LogP contribution in [0.1, 0.15) is 45.9 Å². The SMILES string of the molecule is O=C(O)c1cccnc1SC[C@H]1C[C@@H](c2ccc(CO)cc2)O[C@@H](c2ccc(NS(=O)(=O)c3ccccc3)cc2)O1. The Hall–Kier alpha value is -3.74. The minimum Gasteiger partial charge on any atom is -0.478 e. The van der Waals surface area contributed by atoms with E-state index in [0.29, 0.717) is 28.5 Å². The number of hydrogen-bond donors (Lipinski definition) is 3. The Morgan fingerprint density at radius 1 is 0.927 bits per heavy atom. The molecule has 5 rings (SSSR count). The summed E-state index contributed by atoms with van der Waals surface area (Å²) in [6, 6.07) is 25.5. The fourth-order valence-electron chi connectivity index (χ4n) is 4.39. The van der Waals surface area contributed by atoms with Gasteiger partial charge in [0.25, 0.3) is 10.0 Å². The van der Waals surface area contributed by atoms with Gasteiger partial charge in [-0.25, -0.2) is 18.2 Å². The Balaban J connectivity index is 1.35. The molecule has 0 radical (unpaired) electrons. The molecule has 3 aromatic carbocycles. The quantitative estimate of drug-likeness (QED) is 0.207. The molecule has 2 heterocycles. The minimum atomic E-state index is -3.73. The van der Waals surface area contributed by atoms with E-state index in [1.807, 2.05) is 24.3 Å². The van der Waals surface area contributed by atoms with Crippen LogP contribution in [0.25, 0.3) is 0 Å². The maximum Gasteiger partial charge on any atom is 0.338 e. The number of anilines is 1. The van der Waals surface area contributed by atoms with Gasteiger partial charge in [-0.15, -0.1) is 11.8 Å². The van der Waals surface area contributed by atoms with Crippen LogP contribution in [0.3, 0.4) is 0 Å². The van der Waals surface area contributed by atoms with E-state index in [1.165, 1.54) is 30.0 Å². The number of ether oxygens (including phenoxy) is 2. The van der Waals surface area contributed by atoms with Crippen molar-refractivity contribution < 1.29 is 32.9 Å². The van der Waals surface area contributed by atoms with Crippen LogP contribution in [0, 0.1) is 0 Å². The second kappa shape index (κ2) is 12.8. The molecule has 212 valence electrons. The summed E-state index contributed by atoms with van der Waals surface area (Å²) in [7, 11) is -3.73. The molecule has 1 saturated heterocycles. The second-order valence-electron chi connectivity index (χ2n) is 9.36. The van der Waals surface area contributed by atoms with Gasteiger partial charge in [0.1, 0.15) is 5.03 Å². The van der Waals surface area contributed by atoms with Crippen molar-refractivity contribution in [2.75, 3.05) is 10.5 Å². The van der Waals surface area contributed by atoms with Crippen LogP contribution in [-0.2, 0) is 26.1 Å². The van der Waals surface area contributed by atoms with Crippen molar-refractivity contribution in [3.8, 4) is 0 Å². The van der Waals surface area contributed by atoms with Crippen LogP contribution in [0.15, 0.2) is 107 Å². The zero-order chi connectivity index (χ0) is 28.8. The van der Waals surface area contributed by atoms with Crippen molar-refractivity contribution >= 4 is 33.4 Å². The van der Waals surface area contributed by atoms with E-state index in [1.54, 1.807) is 54.7 Å². The number of pyridine rings is 1. The zero-order valence-electron chi connectivity index (χ0n) is 21.8. The summed E-state index contributed by atoms with van der Waals surface area (Å²) < 4.78 is 40.7. The molecule has 0 aliphatic carbocycles. The topological polar surface area (TPSA) is 135 Å². The molecule has 3 atom stereocenters. The van der Waals surface area contributed by atoms with Gasteiger partial charge in [0.05, 0.1) is 29.3 Å². The van der Waals surface area contributed by atoms with Gasteiger partial charge < -0.3 is 19.7 Å². The van der Waals surface area contributed by atoms with Crippen LogP contribution in [0.5, 0.6) is 0 Å². The van der Waals surface area contributed by atoms with Crippen molar-refractivity contribution in [3.63, 3.8) is 0 Å². The van der Waals surface area contributed by atoms with Crippen molar-refractivity contribution in [1.29, 1.82) is 0 Å². The monoisotopic (exact) mass is 592 g/mol. The third-order valence-electron chi connectivity index (χ3n) is 6.51. The summed E-state index contributed by atoms with van der Waals surface area (Å²) >= 11 is 1.31. The summed E-state index contributed by atoms with van der Waals surface area (Å²) in [5.74, 6) is -0.603. The first-order valence-electron chi connectivity index (χ1n) is 12.8. The molecule has 4 aromatic rings. The predicted molar refractivity (Wildman–Crippen MR) is 154 cm³/mol. The molecule has 1 aliphatic rings. The van der Waals surface area contributed by atoms with Gasteiger partial charge in [-0.2, -0.15) is 0 Å². The number of aromatic carboxylic acids is 1. The fourth-order valence-corrected chi connectivity index (χ4v) is 6.47. The molecule has 9 nitrogen and oxygen atoms in total. The van der Waals surface area contributed by atoms with Crippen LogP contribution in [-0.4, -0.2) is 41.4 Å². The first-order chi connectivity index (χ1) is 19.8.